The normalized spacial score (nSPS) is 11.3. The Labute approximate surface area is 159 Å². The molecule has 0 N–H and O–H groups in total. The van der Waals surface area contributed by atoms with E-state index in [0.29, 0.717) is 27.8 Å². The molecule has 5 rings (SSSR count). The molecule has 3 heterocycles. The Kier molecular flexibility index (Phi) is 3.34. The lowest BCUT2D eigenvalue weighted by molar-refractivity contribution is 0.864. The molecule has 0 atom stereocenters. The average Bonchev–Trinajstić information content (AvgIpc) is 3.04. The van der Waals surface area contributed by atoms with Gasteiger partial charge in [-0.1, -0.05) is 29.8 Å². The minimum atomic E-state index is -0.212. The first-order valence-electron chi connectivity index (χ1n) is 8.89. The van der Waals surface area contributed by atoms with E-state index in [1.807, 2.05) is 50.2 Å². The van der Waals surface area contributed by atoms with Crippen molar-refractivity contribution < 1.29 is 0 Å². The van der Waals surface area contributed by atoms with Gasteiger partial charge in [0.15, 0.2) is 11.3 Å². The average molecular weight is 365 g/mol. The summed E-state index contributed by atoms with van der Waals surface area (Å²) in [5.74, 6) is 0. The van der Waals surface area contributed by atoms with Gasteiger partial charge in [0.05, 0.1) is 27.8 Å². The van der Waals surface area contributed by atoms with E-state index in [1.54, 1.807) is 22.9 Å². The Morgan fingerprint density at radius 2 is 1.75 bits per heavy atom. The molecule has 134 valence electrons. The number of nitrogens with zero attached hydrogens (tertiary/aromatic N) is 5. The first-order valence-corrected chi connectivity index (χ1v) is 8.89. The number of aromatic nitrogens is 4. The highest BCUT2D eigenvalue weighted by Crippen LogP contribution is 2.25. The predicted octanol–water partition coefficient (Wildman–Crippen LogP) is 3.68. The maximum absolute atomic E-state index is 13.4. The van der Waals surface area contributed by atoms with E-state index in [1.165, 1.54) is 4.40 Å². The van der Waals surface area contributed by atoms with E-state index < -0.39 is 0 Å². The largest absolute Gasteiger partial charge is 0.268 e. The third-order valence-corrected chi connectivity index (χ3v) is 5.00. The molecule has 2 aromatic carbocycles. The molecule has 0 spiro atoms. The van der Waals surface area contributed by atoms with Gasteiger partial charge in [0, 0.05) is 5.39 Å². The number of nitriles is 1. The van der Waals surface area contributed by atoms with Crippen molar-refractivity contribution in [2.45, 2.75) is 13.8 Å². The van der Waals surface area contributed by atoms with E-state index >= 15 is 0 Å². The number of fused-ring (bicyclic) bond motifs is 4. The van der Waals surface area contributed by atoms with Crippen LogP contribution in [-0.2, 0) is 0 Å². The summed E-state index contributed by atoms with van der Waals surface area (Å²) in [7, 11) is 0. The van der Waals surface area contributed by atoms with E-state index in [0.717, 1.165) is 22.3 Å². The molecular formula is C22H15N5O. The molecule has 28 heavy (non-hydrogen) atoms. The minimum Gasteiger partial charge on any atom is -0.268 e. The molecule has 0 radical (unpaired) electrons. The summed E-state index contributed by atoms with van der Waals surface area (Å²) < 4.78 is 3.26. The fourth-order valence-corrected chi connectivity index (χ4v) is 3.58. The summed E-state index contributed by atoms with van der Waals surface area (Å²) in [6, 6.07) is 19.0. The van der Waals surface area contributed by atoms with Gasteiger partial charge in [-0.2, -0.15) is 10.4 Å². The number of pyridine rings is 1. The van der Waals surface area contributed by atoms with Gasteiger partial charge >= 0.3 is 0 Å². The van der Waals surface area contributed by atoms with E-state index in [4.69, 9.17) is 0 Å². The van der Waals surface area contributed by atoms with Gasteiger partial charge in [-0.3, -0.25) is 4.79 Å². The smallest absolute Gasteiger partial charge is 0.267 e. The zero-order chi connectivity index (χ0) is 19.4. The number of hydrogen-bond donors (Lipinski definition) is 0. The Morgan fingerprint density at radius 3 is 2.50 bits per heavy atom. The molecular weight excluding hydrogens is 350 g/mol. The number of benzene rings is 2. The first kappa shape index (κ1) is 16.2. The second-order valence-electron chi connectivity index (χ2n) is 6.83. The Hall–Kier alpha value is -3.98. The summed E-state index contributed by atoms with van der Waals surface area (Å²) in [6.07, 6.45) is 0. The minimum absolute atomic E-state index is 0.212. The van der Waals surface area contributed by atoms with Crippen LogP contribution >= 0.6 is 0 Å². The van der Waals surface area contributed by atoms with Crippen LogP contribution in [0.3, 0.4) is 0 Å². The molecule has 0 fully saturated rings. The van der Waals surface area contributed by atoms with Crippen LogP contribution in [-0.4, -0.2) is 19.2 Å². The maximum Gasteiger partial charge on any atom is 0.267 e. The zero-order valence-corrected chi connectivity index (χ0v) is 15.3. The lowest BCUT2D eigenvalue weighted by Crippen LogP contribution is -2.18. The first-order chi connectivity index (χ1) is 13.6. The topological polar surface area (TPSA) is 76.0 Å². The molecule has 0 aliphatic rings. The van der Waals surface area contributed by atoms with Gasteiger partial charge in [0.1, 0.15) is 6.07 Å². The SMILES string of the molecule is Cc1ccc(-n2nc(C)c3cc(C#N)c4nc5ccccc5c(=O)n4c32)cc1. The van der Waals surface area contributed by atoms with Crippen molar-refractivity contribution in [3.05, 3.63) is 81.8 Å². The van der Waals surface area contributed by atoms with E-state index in [2.05, 4.69) is 16.2 Å². The van der Waals surface area contributed by atoms with Crippen molar-refractivity contribution in [2.75, 3.05) is 0 Å². The number of hydrogen-bond acceptors (Lipinski definition) is 4. The molecule has 0 amide bonds. The van der Waals surface area contributed by atoms with Crippen LogP contribution in [0.1, 0.15) is 16.8 Å². The van der Waals surface area contributed by atoms with Gasteiger partial charge in [0.2, 0.25) is 0 Å². The molecule has 0 unspecified atom stereocenters. The van der Waals surface area contributed by atoms with Crippen LogP contribution in [0.2, 0.25) is 0 Å². The van der Waals surface area contributed by atoms with Crippen molar-refractivity contribution in [2.24, 2.45) is 0 Å². The summed E-state index contributed by atoms with van der Waals surface area (Å²) >= 11 is 0. The number of aryl methyl sites for hydroxylation is 2. The Bertz CT molecular complexity index is 1500. The van der Waals surface area contributed by atoms with Gasteiger partial charge in [-0.15, -0.1) is 0 Å². The van der Waals surface area contributed by atoms with Gasteiger partial charge in [-0.25, -0.2) is 14.1 Å². The van der Waals surface area contributed by atoms with Crippen LogP contribution in [0.5, 0.6) is 0 Å². The zero-order valence-electron chi connectivity index (χ0n) is 15.3. The van der Waals surface area contributed by atoms with Crippen LogP contribution in [0.15, 0.2) is 59.4 Å². The highest BCUT2D eigenvalue weighted by Gasteiger charge is 2.19. The fourth-order valence-electron chi connectivity index (χ4n) is 3.58. The second-order valence-corrected chi connectivity index (χ2v) is 6.83. The third kappa shape index (κ3) is 2.17. The molecule has 3 aromatic heterocycles. The van der Waals surface area contributed by atoms with Crippen LogP contribution in [0.25, 0.3) is 33.3 Å². The van der Waals surface area contributed by atoms with Gasteiger partial charge < -0.3 is 0 Å². The fraction of sp³-hybridized carbons (Fsp3) is 0.0909. The number of para-hydroxylation sites is 1. The predicted molar refractivity (Wildman–Crippen MR) is 108 cm³/mol. The van der Waals surface area contributed by atoms with E-state index in [9.17, 15) is 10.1 Å². The number of rotatable bonds is 1. The van der Waals surface area contributed by atoms with Crippen molar-refractivity contribution in [3.8, 4) is 11.8 Å². The Morgan fingerprint density at radius 1 is 1.00 bits per heavy atom. The van der Waals surface area contributed by atoms with Crippen LogP contribution in [0.4, 0.5) is 0 Å². The van der Waals surface area contributed by atoms with Gasteiger partial charge in [0.25, 0.3) is 5.56 Å². The molecule has 0 saturated heterocycles. The summed E-state index contributed by atoms with van der Waals surface area (Å²) in [5.41, 5.74) is 4.38. The standard InChI is InChI=1S/C22H15N5O/c1-13-7-9-16(10-8-13)27-21-18(14(2)25-27)11-15(12-23)20-24-19-6-4-3-5-17(19)22(28)26(20)21/h3-11H,1-2H3. The second kappa shape index (κ2) is 5.76. The highest BCUT2D eigenvalue weighted by molar-refractivity contribution is 5.89. The summed E-state index contributed by atoms with van der Waals surface area (Å²) in [6.45, 7) is 3.89. The lowest BCUT2D eigenvalue weighted by Gasteiger charge is -2.10. The molecule has 0 bridgehead atoms. The Balaban J connectivity index is 2.06. The summed E-state index contributed by atoms with van der Waals surface area (Å²) in [5, 5.41) is 15.6. The molecule has 0 aliphatic carbocycles. The van der Waals surface area contributed by atoms with Crippen molar-refractivity contribution in [1.82, 2.24) is 19.2 Å². The monoisotopic (exact) mass is 365 g/mol. The summed E-state index contributed by atoms with van der Waals surface area (Å²) in [4.78, 5) is 18.0. The van der Waals surface area contributed by atoms with E-state index in [-0.39, 0.29) is 5.56 Å². The van der Waals surface area contributed by atoms with Crippen molar-refractivity contribution in [3.63, 3.8) is 0 Å². The van der Waals surface area contributed by atoms with Crippen LogP contribution < -0.4 is 5.56 Å². The quantitative estimate of drug-likeness (QED) is 0.425. The third-order valence-electron chi connectivity index (χ3n) is 5.00. The molecule has 0 saturated carbocycles. The van der Waals surface area contributed by atoms with Crippen molar-refractivity contribution in [1.29, 1.82) is 5.26 Å². The molecule has 6 nitrogen and oxygen atoms in total. The molecule has 0 aliphatic heterocycles. The van der Waals surface area contributed by atoms with Crippen LogP contribution in [0, 0.1) is 25.2 Å². The lowest BCUT2D eigenvalue weighted by atomic mass is 10.1. The highest BCUT2D eigenvalue weighted by atomic mass is 16.1. The maximum atomic E-state index is 13.4. The molecule has 5 aromatic rings. The van der Waals surface area contributed by atoms with Gasteiger partial charge in [-0.05, 0) is 44.2 Å². The van der Waals surface area contributed by atoms with Crippen molar-refractivity contribution >= 4 is 27.6 Å². The molecule has 6 heteroatoms.